The molecule has 2 rings (SSSR count). The minimum absolute atomic E-state index is 0.169. The maximum absolute atomic E-state index is 11.9. The highest BCUT2D eigenvalue weighted by Gasteiger charge is 2.16. The largest absolute Gasteiger partial charge is 0.277 e. The summed E-state index contributed by atoms with van der Waals surface area (Å²) in [6.07, 6.45) is 3.00. The molecule has 2 aromatic rings. The van der Waals surface area contributed by atoms with Gasteiger partial charge in [-0.3, -0.25) is 9.71 Å². The molecular formula is C9H6BrClN2O2S2. The van der Waals surface area contributed by atoms with Crippen molar-refractivity contribution >= 4 is 54.6 Å². The van der Waals surface area contributed by atoms with Crippen LogP contribution in [0.2, 0.25) is 4.34 Å². The molecule has 0 aromatic carbocycles. The molecule has 2 heterocycles. The number of rotatable bonds is 3. The van der Waals surface area contributed by atoms with Crippen molar-refractivity contribution < 1.29 is 8.42 Å². The zero-order valence-electron chi connectivity index (χ0n) is 8.22. The van der Waals surface area contributed by atoms with Gasteiger partial charge in [0, 0.05) is 10.7 Å². The van der Waals surface area contributed by atoms with E-state index >= 15 is 0 Å². The summed E-state index contributed by atoms with van der Waals surface area (Å²) in [5.74, 6) is 0. The molecule has 0 atom stereocenters. The molecule has 1 N–H and O–H groups in total. The Morgan fingerprint density at radius 1 is 1.35 bits per heavy atom. The molecule has 2 aromatic heterocycles. The first-order valence-corrected chi connectivity index (χ1v) is 7.83. The van der Waals surface area contributed by atoms with Gasteiger partial charge in [-0.1, -0.05) is 11.6 Å². The van der Waals surface area contributed by atoms with Crippen LogP contribution in [0.3, 0.4) is 0 Å². The number of nitrogens with zero attached hydrogens (tertiary/aromatic N) is 1. The number of hydrogen-bond donors (Lipinski definition) is 1. The van der Waals surface area contributed by atoms with Crippen molar-refractivity contribution in [3.63, 3.8) is 0 Å². The Labute approximate surface area is 116 Å². The van der Waals surface area contributed by atoms with Crippen molar-refractivity contribution in [2.45, 2.75) is 4.21 Å². The molecule has 0 aliphatic carbocycles. The van der Waals surface area contributed by atoms with Crippen LogP contribution in [0.15, 0.2) is 39.3 Å². The average molecular weight is 354 g/mol. The number of nitrogens with one attached hydrogen (secondary N) is 1. The van der Waals surface area contributed by atoms with Gasteiger partial charge in [0.1, 0.15) is 4.21 Å². The first kappa shape index (κ1) is 12.8. The summed E-state index contributed by atoms with van der Waals surface area (Å²) < 4.78 is 27.6. The third-order valence-corrected chi connectivity index (χ3v) is 5.31. The highest BCUT2D eigenvalue weighted by Crippen LogP contribution is 2.27. The lowest BCUT2D eigenvalue weighted by Crippen LogP contribution is -2.11. The summed E-state index contributed by atoms with van der Waals surface area (Å²) in [6.45, 7) is 0. The Bertz CT molecular complexity index is 642. The second-order valence-electron chi connectivity index (χ2n) is 3.06. The summed E-state index contributed by atoms with van der Waals surface area (Å²) in [5, 5.41) is 0. The summed E-state index contributed by atoms with van der Waals surface area (Å²) in [7, 11) is -3.59. The normalized spacial score (nSPS) is 11.4. The molecule has 0 saturated heterocycles. The SMILES string of the molecule is O=S(=O)(Nc1cncc(Br)c1)c1ccc(Cl)s1. The fourth-order valence-corrected chi connectivity index (χ4v) is 4.00. The van der Waals surface area contributed by atoms with Crippen LogP contribution in [0.1, 0.15) is 0 Å². The lowest BCUT2D eigenvalue weighted by Gasteiger charge is -2.05. The number of halogens is 2. The number of pyridine rings is 1. The van der Waals surface area contributed by atoms with Crippen molar-refractivity contribution in [3.05, 3.63) is 39.4 Å². The van der Waals surface area contributed by atoms with Crippen LogP contribution in [-0.2, 0) is 10.0 Å². The number of aromatic nitrogens is 1. The lowest BCUT2D eigenvalue weighted by atomic mass is 10.4. The quantitative estimate of drug-likeness (QED) is 0.920. The van der Waals surface area contributed by atoms with Crippen LogP contribution in [0, 0.1) is 0 Å². The summed E-state index contributed by atoms with van der Waals surface area (Å²) in [5.41, 5.74) is 0.392. The Morgan fingerprint density at radius 2 is 2.12 bits per heavy atom. The lowest BCUT2D eigenvalue weighted by molar-refractivity contribution is 0.603. The minimum Gasteiger partial charge on any atom is -0.277 e. The summed E-state index contributed by atoms with van der Waals surface area (Å²) in [6, 6.07) is 4.63. The van der Waals surface area contributed by atoms with Gasteiger partial charge in [-0.15, -0.1) is 11.3 Å². The second-order valence-corrected chi connectivity index (χ2v) is 7.60. The minimum atomic E-state index is -3.59. The highest BCUT2D eigenvalue weighted by molar-refractivity contribution is 9.10. The number of thiophene rings is 1. The highest BCUT2D eigenvalue weighted by atomic mass is 79.9. The fourth-order valence-electron chi connectivity index (χ4n) is 1.12. The van der Waals surface area contributed by atoms with E-state index in [4.69, 9.17) is 11.6 Å². The van der Waals surface area contributed by atoms with Crippen molar-refractivity contribution in [1.82, 2.24) is 4.98 Å². The van der Waals surface area contributed by atoms with Gasteiger partial charge in [-0.25, -0.2) is 8.42 Å². The molecule has 17 heavy (non-hydrogen) atoms. The molecule has 0 unspecified atom stereocenters. The van der Waals surface area contributed by atoms with Gasteiger partial charge >= 0.3 is 0 Å². The fraction of sp³-hybridized carbons (Fsp3) is 0. The maximum atomic E-state index is 11.9. The van der Waals surface area contributed by atoms with Gasteiger partial charge in [0.05, 0.1) is 16.2 Å². The van der Waals surface area contributed by atoms with Gasteiger partial charge < -0.3 is 0 Å². The molecular weight excluding hydrogens is 348 g/mol. The van der Waals surface area contributed by atoms with Gasteiger partial charge in [-0.05, 0) is 34.1 Å². The van der Waals surface area contributed by atoms with E-state index in [-0.39, 0.29) is 4.21 Å². The van der Waals surface area contributed by atoms with E-state index in [1.165, 1.54) is 12.3 Å². The van der Waals surface area contributed by atoms with Gasteiger partial charge in [0.15, 0.2) is 0 Å². The van der Waals surface area contributed by atoms with E-state index < -0.39 is 10.0 Å². The molecule has 0 aliphatic heterocycles. The van der Waals surface area contributed by atoms with Crippen LogP contribution in [0.5, 0.6) is 0 Å². The first-order valence-electron chi connectivity index (χ1n) is 4.36. The molecule has 0 spiro atoms. The maximum Gasteiger partial charge on any atom is 0.271 e. The predicted molar refractivity (Wildman–Crippen MR) is 72.1 cm³/mol. The van der Waals surface area contributed by atoms with Gasteiger partial charge in [-0.2, -0.15) is 0 Å². The molecule has 0 bridgehead atoms. The first-order chi connectivity index (χ1) is 7.97. The topological polar surface area (TPSA) is 59.1 Å². The third-order valence-electron chi connectivity index (χ3n) is 1.77. The van der Waals surface area contributed by atoms with E-state index in [0.29, 0.717) is 14.5 Å². The Hall–Kier alpha value is -0.630. The Balaban J connectivity index is 2.29. The average Bonchev–Trinajstić information content (AvgIpc) is 2.65. The Kier molecular flexibility index (Phi) is 3.72. The summed E-state index contributed by atoms with van der Waals surface area (Å²) in [4.78, 5) is 3.87. The number of sulfonamides is 1. The van der Waals surface area contributed by atoms with Crippen LogP contribution in [-0.4, -0.2) is 13.4 Å². The molecule has 0 radical (unpaired) electrons. The molecule has 4 nitrogen and oxygen atoms in total. The van der Waals surface area contributed by atoms with E-state index in [1.807, 2.05) is 0 Å². The summed E-state index contributed by atoms with van der Waals surface area (Å²) >= 11 is 9.92. The third kappa shape index (κ3) is 3.19. The molecule has 0 saturated carbocycles. The van der Waals surface area contributed by atoms with Gasteiger partial charge in [0.2, 0.25) is 0 Å². The van der Waals surface area contributed by atoms with Crippen molar-refractivity contribution in [3.8, 4) is 0 Å². The number of anilines is 1. The standard InChI is InChI=1S/C9H6BrClN2O2S2/c10-6-3-7(5-12-4-6)13-17(14,15)9-2-1-8(11)16-9/h1-5,13H. The van der Waals surface area contributed by atoms with E-state index in [1.54, 1.807) is 18.3 Å². The van der Waals surface area contributed by atoms with E-state index in [9.17, 15) is 8.42 Å². The molecule has 8 heteroatoms. The molecule has 0 fully saturated rings. The zero-order valence-corrected chi connectivity index (χ0v) is 12.2. The molecule has 0 amide bonds. The van der Waals surface area contributed by atoms with Crippen LogP contribution in [0.25, 0.3) is 0 Å². The van der Waals surface area contributed by atoms with Crippen molar-refractivity contribution in [2.24, 2.45) is 0 Å². The molecule has 90 valence electrons. The molecule has 0 aliphatic rings. The van der Waals surface area contributed by atoms with Crippen molar-refractivity contribution in [1.29, 1.82) is 0 Å². The number of hydrogen-bond acceptors (Lipinski definition) is 4. The van der Waals surface area contributed by atoms with Gasteiger partial charge in [0.25, 0.3) is 10.0 Å². The van der Waals surface area contributed by atoms with Crippen molar-refractivity contribution in [2.75, 3.05) is 4.72 Å². The van der Waals surface area contributed by atoms with Crippen LogP contribution >= 0.6 is 38.9 Å². The Morgan fingerprint density at radius 3 is 2.71 bits per heavy atom. The van der Waals surface area contributed by atoms with Crippen LogP contribution < -0.4 is 4.72 Å². The predicted octanol–water partition coefficient (Wildman–Crippen LogP) is 3.36. The van der Waals surface area contributed by atoms with Crippen LogP contribution in [0.4, 0.5) is 5.69 Å². The van der Waals surface area contributed by atoms with E-state index in [0.717, 1.165) is 11.3 Å². The second kappa shape index (κ2) is 4.93. The zero-order chi connectivity index (χ0) is 12.5. The monoisotopic (exact) mass is 352 g/mol. The van der Waals surface area contributed by atoms with E-state index in [2.05, 4.69) is 25.6 Å². The smallest absolute Gasteiger partial charge is 0.271 e.